The molecule has 0 fully saturated rings. The molecule has 0 unspecified atom stereocenters. The van der Waals surface area contributed by atoms with Gasteiger partial charge in [0.25, 0.3) is 0 Å². The Hall–Kier alpha value is -0.220. The summed E-state index contributed by atoms with van der Waals surface area (Å²) < 4.78 is 36.9. The first-order chi connectivity index (χ1) is 5.95. The highest BCUT2D eigenvalue weighted by atomic mass is 79.9. The number of benzene rings is 1. The lowest BCUT2D eigenvalue weighted by Crippen LogP contribution is -2.07. The van der Waals surface area contributed by atoms with Gasteiger partial charge in [0.05, 0.1) is 5.56 Å². The molecular weight excluding hydrogens is 268 g/mol. The lowest BCUT2D eigenvalue weighted by molar-refractivity contribution is -0.138. The summed E-state index contributed by atoms with van der Waals surface area (Å²) in [6, 6.07) is 3.52. The quantitative estimate of drug-likeness (QED) is 0.671. The molecule has 13 heavy (non-hydrogen) atoms. The molecule has 1 aromatic rings. The molecule has 0 saturated heterocycles. The molecule has 0 saturated carbocycles. The molecule has 0 spiro atoms. The molecule has 0 amide bonds. The van der Waals surface area contributed by atoms with Gasteiger partial charge in [-0.2, -0.15) is 13.2 Å². The number of hydrogen-bond acceptors (Lipinski definition) is 0. The monoisotopic (exact) mass is 272 g/mol. The summed E-state index contributed by atoms with van der Waals surface area (Å²) in [5.41, 5.74) is -0.492. The molecule has 0 heterocycles. The van der Waals surface area contributed by atoms with E-state index in [-0.39, 0.29) is 10.9 Å². The Morgan fingerprint density at radius 1 is 1.31 bits per heavy atom. The molecule has 0 aromatic heterocycles. The van der Waals surface area contributed by atoms with Crippen LogP contribution in [0.5, 0.6) is 0 Å². The third-order valence-electron chi connectivity index (χ3n) is 1.52. The van der Waals surface area contributed by atoms with Crippen molar-refractivity contribution in [2.75, 3.05) is 0 Å². The zero-order chi connectivity index (χ0) is 10.1. The molecule has 0 atom stereocenters. The molecule has 0 aliphatic carbocycles. The Bertz CT molecular complexity index is 309. The molecule has 0 radical (unpaired) electrons. The molecule has 1 rings (SSSR count). The van der Waals surface area contributed by atoms with Crippen LogP contribution in [0.1, 0.15) is 11.1 Å². The molecule has 0 aliphatic heterocycles. The number of rotatable bonds is 1. The minimum Gasteiger partial charge on any atom is -0.166 e. The van der Waals surface area contributed by atoms with Gasteiger partial charge in [0.2, 0.25) is 0 Å². The zero-order valence-corrected chi connectivity index (χ0v) is 8.67. The van der Waals surface area contributed by atoms with Gasteiger partial charge in [-0.05, 0) is 23.8 Å². The van der Waals surface area contributed by atoms with Crippen LogP contribution < -0.4 is 0 Å². The first kappa shape index (κ1) is 10.9. The predicted octanol–water partition coefficient (Wildman–Crippen LogP) is 4.25. The zero-order valence-electron chi connectivity index (χ0n) is 6.33. The van der Waals surface area contributed by atoms with Gasteiger partial charge < -0.3 is 0 Å². The van der Waals surface area contributed by atoms with Gasteiger partial charge in [0, 0.05) is 10.4 Å². The van der Waals surface area contributed by atoms with Crippen molar-refractivity contribution < 1.29 is 13.2 Å². The van der Waals surface area contributed by atoms with Crippen molar-refractivity contribution in [3.63, 3.8) is 0 Å². The second-order valence-electron chi connectivity index (χ2n) is 2.43. The van der Waals surface area contributed by atoms with E-state index in [1.165, 1.54) is 12.1 Å². The molecule has 72 valence electrons. The fourth-order valence-electron chi connectivity index (χ4n) is 0.949. The van der Waals surface area contributed by atoms with Gasteiger partial charge in [0.15, 0.2) is 0 Å². The van der Waals surface area contributed by atoms with Gasteiger partial charge in [-0.25, -0.2) is 0 Å². The third kappa shape index (κ3) is 2.61. The SMILES string of the molecule is FC(F)(F)c1ccc(Cl)cc1CBr. The number of halogens is 5. The average molecular weight is 273 g/mol. The van der Waals surface area contributed by atoms with Gasteiger partial charge in [-0.15, -0.1) is 0 Å². The summed E-state index contributed by atoms with van der Waals surface area (Å²) >= 11 is 8.53. The summed E-state index contributed by atoms with van der Waals surface area (Å²) in [4.78, 5) is 0. The topological polar surface area (TPSA) is 0 Å². The van der Waals surface area contributed by atoms with Gasteiger partial charge in [0.1, 0.15) is 0 Å². The van der Waals surface area contributed by atoms with E-state index >= 15 is 0 Å². The minimum absolute atomic E-state index is 0.141. The van der Waals surface area contributed by atoms with Gasteiger partial charge in [-0.3, -0.25) is 0 Å². The molecule has 0 bridgehead atoms. The van der Waals surface area contributed by atoms with Crippen LogP contribution in [-0.4, -0.2) is 0 Å². The summed E-state index contributed by atoms with van der Waals surface area (Å²) in [6.07, 6.45) is -4.31. The Balaban J connectivity index is 3.22. The molecule has 0 nitrogen and oxygen atoms in total. The lowest BCUT2D eigenvalue weighted by atomic mass is 10.1. The van der Waals surface area contributed by atoms with Crippen LogP contribution in [0.4, 0.5) is 13.2 Å². The number of hydrogen-bond donors (Lipinski definition) is 0. The van der Waals surface area contributed by atoms with E-state index in [4.69, 9.17) is 11.6 Å². The van der Waals surface area contributed by atoms with Crippen molar-refractivity contribution in [1.29, 1.82) is 0 Å². The van der Waals surface area contributed by atoms with Crippen LogP contribution in [-0.2, 0) is 11.5 Å². The highest BCUT2D eigenvalue weighted by molar-refractivity contribution is 9.08. The van der Waals surface area contributed by atoms with Crippen LogP contribution >= 0.6 is 27.5 Å². The van der Waals surface area contributed by atoms with Gasteiger partial charge >= 0.3 is 6.18 Å². The van der Waals surface area contributed by atoms with Crippen LogP contribution in [0.2, 0.25) is 5.02 Å². The molecule has 1 aromatic carbocycles. The second-order valence-corrected chi connectivity index (χ2v) is 3.43. The predicted molar refractivity (Wildman–Crippen MR) is 49.1 cm³/mol. The first-order valence-corrected chi connectivity index (χ1v) is 4.86. The van der Waals surface area contributed by atoms with Crippen molar-refractivity contribution in [3.05, 3.63) is 34.3 Å². The molecule has 5 heteroatoms. The largest absolute Gasteiger partial charge is 0.416 e. The van der Waals surface area contributed by atoms with Crippen molar-refractivity contribution >= 4 is 27.5 Å². The van der Waals surface area contributed by atoms with Crippen molar-refractivity contribution in [1.82, 2.24) is 0 Å². The van der Waals surface area contributed by atoms with Crippen LogP contribution in [0.25, 0.3) is 0 Å². The van der Waals surface area contributed by atoms with E-state index in [9.17, 15) is 13.2 Å². The van der Waals surface area contributed by atoms with Gasteiger partial charge in [-0.1, -0.05) is 27.5 Å². The standard InChI is InChI=1S/C8H5BrClF3/c9-4-5-3-6(10)1-2-7(5)8(11,12)13/h1-3H,4H2. The Kier molecular flexibility index (Phi) is 3.24. The molecular formula is C8H5BrClF3. The van der Waals surface area contributed by atoms with E-state index in [1.54, 1.807) is 0 Å². The summed E-state index contributed by atoms with van der Waals surface area (Å²) in [6.45, 7) is 0. The fraction of sp³-hybridized carbons (Fsp3) is 0.250. The Morgan fingerprint density at radius 3 is 2.38 bits per heavy atom. The van der Waals surface area contributed by atoms with Crippen LogP contribution in [0.15, 0.2) is 18.2 Å². The van der Waals surface area contributed by atoms with E-state index in [2.05, 4.69) is 15.9 Å². The van der Waals surface area contributed by atoms with E-state index < -0.39 is 11.7 Å². The van der Waals surface area contributed by atoms with Crippen molar-refractivity contribution in [2.24, 2.45) is 0 Å². The average Bonchev–Trinajstić information content (AvgIpc) is 2.01. The second kappa shape index (κ2) is 3.88. The van der Waals surface area contributed by atoms with E-state index in [0.717, 1.165) is 6.07 Å². The van der Waals surface area contributed by atoms with E-state index in [1.807, 2.05) is 0 Å². The maximum atomic E-state index is 12.3. The molecule has 0 aliphatic rings. The Labute approximate surface area is 86.8 Å². The smallest absolute Gasteiger partial charge is 0.166 e. The highest BCUT2D eigenvalue weighted by Gasteiger charge is 2.32. The maximum absolute atomic E-state index is 12.3. The summed E-state index contributed by atoms with van der Waals surface area (Å²) in [5, 5.41) is 0.449. The highest BCUT2D eigenvalue weighted by Crippen LogP contribution is 2.34. The van der Waals surface area contributed by atoms with Crippen LogP contribution in [0.3, 0.4) is 0 Å². The normalized spacial score (nSPS) is 11.8. The maximum Gasteiger partial charge on any atom is 0.416 e. The van der Waals surface area contributed by atoms with Crippen LogP contribution in [0, 0.1) is 0 Å². The third-order valence-corrected chi connectivity index (χ3v) is 2.36. The van der Waals surface area contributed by atoms with Crippen molar-refractivity contribution in [2.45, 2.75) is 11.5 Å². The van der Waals surface area contributed by atoms with Crippen molar-refractivity contribution in [3.8, 4) is 0 Å². The minimum atomic E-state index is -4.31. The summed E-state index contributed by atoms with van der Waals surface area (Å²) in [7, 11) is 0. The fourth-order valence-corrected chi connectivity index (χ4v) is 1.61. The van der Waals surface area contributed by atoms with E-state index in [0.29, 0.717) is 5.02 Å². The summed E-state index contributed by atoms with van der Waals surface area (Å²) in [5.74, 6) is 0. The lowest BCUT2D eigenvalue weighted by Gasteiger charge is -2.10. The number of alkyl halides is 4. The Morgan fingerprint density at radius 2 is 1.92 bits per heavy atom. The molecule has 0 N–H and O–H groups in total. The first-order valence-electron chi connectivity index (χ1n) is 3.36.